The maximum absolute atomic E-state index is 2.47. The fraction of sp³-hybridized carbons (Fsp3) is 0.0588. The molecule has 0 amide bonds. The van der Waals surface area contributed by atoms with Crippen molar-refractivity contribution in [2.45, 2.75) is 19.3 Å². The molecule has 0 atom stereocenters. The molecule has 0 aliphatic heterocycles. The minimum atomic E-state index is -0.0618. The molecule has 54 heavy (non-hydrogen) atoms. The lowest BCUT2D eigenvalue weighted by molar-refractivity contribution is 0.661. The smallest absolute Gasteiger partial charge is 0.0541 e. The highest BCUT2D eigenvalue weighted by molar-refractivity contribution is 7.26. The molecule has 0 saturated carbocycles. The maximum Gasteiger partial charge on any atom is 0.0541 e. The van der Waals surface area contributed by atoms with Crippen molar-refractivity contribution in [1.29, 1.82) is 0 Å². The second kappa shape index (κ2) is 11.0. The Balaban J connectivity index is 1.08. The van der Waals surface area contributed by atoms with E-state index in [1.165, 1.54) is 112 Å². The molecule has 11 aromatic rings. The maximum atomic E-state index is 2.47. The van der Waals surface area contributed by atoms with Crippen molar-refractivity contribution in [3.05, 3.63) is 175 Å². The number of rotatable bonds is 3. The lowest BCUT2D eigenvalue weighted by atomic mass is 9.82. The van der Waals surface area contributed by atoms with Crippen LogP contribution in [0.4, 0.5) is 0 Å². The molecule has 12 rings (SSSR count). The quantitative estimate of drug-likeness (QED) is 0.171. The predicted molar refractivity (Wildman–Crippen MR) is 235 cm³/mol. The highest BCUT2D eigenvalue weighted by Gasteiger charge is 2.37. The lowest BCUT2D eigenvalue weighted by Gasteiger charge is -2.21. The number of hydrogen-bond donors (Lipinski definition) is 0. The first-order chi connectivity index (χ1) is 26.5. The van der Waals surface area contributed by atoms with Crippen molar-refractivity contribution in [1.82, 2.24) is 4.57 Å². The molecule has 254 valence electrons. The minimum absolute atomic E-state index is 0.0618. The Morgan fingerprint density at radius 1 is 0.407 bits per heavy atom. The van der Waals surface area contributed by atoms with E-state index in [1.807, 2.05) is 22.7 Å². The van der Waals surface area contributed by atoms with Gasteiger partial charge in [-0.15, -0.1) is 22.7 Å². The first kappa shape index (κ1) is 30.5. The normalized spacial score (nSPS) is 13.5. The molecule has 8 aromatic carbocycles. The summed E-state index contributed by atoms with van der Waals surface area (Å²) in [5.74, 6) is 0. The molecular weight excluding hydrogens is 691 g/mol. The van der Waals surface area contributed by atoms with Crippen LogP contribution in [-0.4, -0.2) is 4.57 Å². The van der Waals surface area contributed by atoms with Gasteiger partial charge in [-0.25, -0.2) is 0 Å². The Bertz CT molecular complexity index is 3350. The fourth-order valence-corrected chi connectivity index (χ4v) is 11.7. The second-order valence-electron chi connectivity index (χ2n) is 15.3. The van der Waals surface area contributed by atoms with Crippen molar-refractivity contribution in [2.75, 3.05) is 0 Å². The van der Waals surface area contributed by atoms with Crippen LogP contribution < -0.4 is 0 Å². The summed E-state index contributed by atoms with van der Waals surface area (Å²) in [6.07, 6.45) is 0. The van der Waals surface area contributed by atoms with Gasteiger partial charge < -0.3 is 4.57 Å². The summed E-state index contributed by atoms with van der Waals surface area (Å²) in [5.41, 5.74) is 14.1. The van der Waals surface area contributed by atoms with Crippen LogP contribution in [0, 0.1) is 0 Å². The van der Waals surface area contributed by atoms with Gasteiger partial charge in [-0.2, -0.15) is 0 Å². The third kappa shape index (κ3) is 4.20. The van der Waals surface area contributed by atoms with Gasteiger partial charge in [0.15, 0.2) is 0 Å². The van der Waals surface area contributed by atoms with Crippen LogP contribution in [0.2, 0.25) is 0 Å². The highest BCUT2D eigenvalue weighted by Crippen LogP contribution is 2.54. The molecule has 3 heterocycles. The molecule has 0 saturated heterocycles. The molecule has 0 fully saturated rings. The summed E-state index contributed by atoms with van der Waals surface area (Å²) in [6.45, 7) is 4.77. The van der Waals surface area contributed by atoms with E-state index in [0.29, 0.717) is 0 Å². The highest BCUT2D eigenvalue weighted by atomic mass is 32.1. The van der Waals surface area contributed by atoms with E-state index in [9.17, 15) is 0 Å². The molecule has 0 bridgehead atoms. The van der Waals surface area contributed by atoms with Gasteiger partial charge in [0.2, 0.25) is 0 Å². The Morgan fingerprint density at radius 2 is 1.00 bits per heavy atom. The summed E-state index contributed by atoms with van der Waals surface area (Å²) in [4.78, 5) is 0. The van der Waals surface area contributed by atoms with E-state index in [2.05, 4.69) is 182 Å². The van der Waals surface area contributed by atoms with Crippen molar-refractivity contribution < 1.29 is 0 Å². The van der Waals surface area contributed by atoms with Crippen LogP contribution in [0.25, 0.3) is 101 Å². The third-order valence-corrected chi connectivity index (χ3v) is 14.4. The first-order valence-electron chi connectivity index (χ1n) is 18.7. The molecule has 1 aliphatic rings. The Hall–Kier alpha value is -6.00. The molecule has 3 heteroatoms. The van der Waals surface area contributed by atoms with Crippen molar-refractivity contribution in [3.63, 3.8) is 0 Å². The van der Waals surface area contributed by atoms with Gasteiger partial charge in [0.1, 0.15) is 0 Å². The average Bonchev–Trinajstić information content (AvgIpc) is 3.94. The number of aromatic nitrogens is 1. The van der Waals surface area contributed by atoms with Gasteiger partial charge in [-0.3, -0.25) is 0 Å². The fourth-order valence-electron chi connectivity index (χ4n) is 9.34. The average molecular weight is 724 g/mol. The predicted octanol–water partition coefficient (Wildman–Crippen LogP) is 15.2. The zero-order chi connectivity index (χ0) is 35.7. The topological polar surface area (TPSA) is 4.93 Å². The zero-order valence-electron chi connectivity index (χ0n) is 29.9. The van der Waals surface area contributed by atoms with Crippen molar-refractivity contribution in [2.24, 2.45) is 0 Å². The Morgan fingerprint density at radius 3 is 1.76 bits per heavy atom. The first-order valence-corrected chi connectivity index (χ1v) is 20.3. The van der Waals surface area contributed by atoms with E-state index < -0.39 is 0 Å². The summed E-state index contributed by atoms with van der Waals surface area (Å²) in [6, 6.07) is 61.4. The van der Waals surface area contributed by atoms with Crippen LogP contribution in [0.1, 0.15) is 25.0 Å². The van der Waals surface area contributed by atoms with Gasteiger partial charge in [0.05, 0.1) is 11.0 Å². The standard InChI is InChI=1S/C51H33NS2/c1-51(2)42-21-16-32(28-41(42)49-43(51)22-20-37-35-12-6-9-15-47(35)54-50(37)49)33-18-24-45-39(27-33)38-26-31(30-10-4-3-5-11-30)17-23-44(38)52(45)34-19-25-48-40(29-34)36-13-7-8-14-46(36)53-48/h3-29H,1-2H3. The molecule has 0 spiro atoms. The van der Waals surface area contributed by atoms with Crippen LogP contribution in [0.5, 0.6) is 0 Å². The number of fused-ring (bicyclic) bond motifs is 13. The summed E-state index contributed by atoms with van der Waals surface area (Å²) in [7, 11) is 0. The Kier molecular flexibility index (Phi) is 6.22. The van der Waals surface area contributed by atoms with Gasteiger partial charge in [0.25, 0.3) is 0 Å². The minimum Gasteiger partial charge on any atom is -0.309 e. The molecule has 0 radical (unpaired) electrons. The van der Waals surface area contributed by atoms with Crippen LogP contribution in [0.15, 0.2) is 164 Å². The van der Waals surface area contributed by atoms with Gasteiger partial charge >= 0.3 is 0 Å². The van der Waals surface area contributed by atoms with E-state index in [1.54, 1.807) is 0 Å². The van der Waals surface area contributed by atoms with Gasteiger partial charge in [-0.05, 0) is 99.6 Å². The summed E-state index contributed by atoms with van der Waals surface area (Å²) < 4.78 is 7.88. The monoisotopic (exact) mass is 723 g/mol. The van der Waals surface area contributed by atoms with Gasteiger partial charge in [0, 0.05) is 67.8 Å². The van der Waals surface area contributed by atoms with Crippen LogP contribution >= 0.6 is 22.7 Å². The summed E-state index contributed by atoms with van der Waals surface area (Å²) >= 11 is 3.81. The summed E-state index contributed by atoms with van der Waals surface area (Å²) in [5, 5.41) is 7.88. The van der Waals surface area contributed by atoms with Crippen molar-refractivity contribution >= 4 is 84.8 Å². The Labute approximate surface area is 321 Å². The lowest BCUT2D eigenvalue weighted by Crippen LogP contribution is -2.14. The number of nitrogens with zero attached hydrogens (tertiary/aromatic N) is 1. The number of benzene rings is 8. The number of hydrogen-bond acceptors (Lipinski definition) is 2. The zero-order valence-corrected chi connectivity index (χ0v) is 31.5. The molecule has 0 N–H and O–H groups in total. The molecule has 0 unspecified atom stereocenters. The van der Waals surface area contributed by atoms with Crippen molar-refractivity contribution in [3.8, 4) is 39.1 Å². The largest absolute Gasteiger partial charge is 0.309 e. The van der Waals surface area contributed by atoms with E-state index in [-0.39, 0.29) is 5.41 Å². The van der Waals surface area contributed by atoms with E-state index >= 15 is 0 Å². The van der Waals surface area contributed by atoms with E-state index in [4.69, 9.17) is 0 Å². The second-order valence-corrected chi connectivity index (χ2v) is 17.4. The van der Waals surface area contributed by atoms with E-state index in [0.717, 1.165) is 0 Å². The number of thiophene rings is 2. The van der Waals surface area contributed by atoms with Crippen LogP contribution in [0.3, 0.4) is 0 Å². The third-order valence-electron chi connectivity index (χ3n) is 12.0. The van der Waals surface area contributed by atoms with Crippen LogP contribution in [-0.2, 0) is 5.41 Å². The molecular formula is C51H33NS2. The SMILES string of the molecule is CC1(C)c2ccc(-c3ccc4c(c3)c3cc(-c5ccccc5)ccc3n4-c3ccc4sc5ccccc5c4c3)cc2-c2c1ccc1c2sc2ccccc21. The molecule has 1 nitrogen and oxygen atoms in total. The molecule has 1 aliphatic carbocycles. The molecule has 3 aromatic heterocycles. The van der Waals surface area contributed by atoms with Gasteiger partial charge in [-0.1, -0.05) is 117 Å².